The summed E-state index contributed by atoms with van der Waals surface area (Å²) in [4.78, 5) is 24.1. The molecule has 3 aromatic rings. The fraction of sp³-hybridized carbons (Fsp3) is 0.400. The normalized spacial score (nSPS) is 18.3. The standard InChI is InChI=1S/C25H32N6O/c1-16-7-6-9-20(26)22(16)24(32)27-15-17-11-13-18(14-12-17)28-25-29-21-10-5-4-8-19(21)23(30-25)31(2)3/h4-10,17-18H,11-15,26H2,1-3H3,(H,27,32)(H,28,29,30). The molecular formula is C25H32N6O. The second-order valence-electron chi connectivity index (χ2n) is 8.89. The summed E-state index contributed by atoms with van der Waals surface area (Å²) in [7, 11) is 4.01. The Morgan fingerprint density at radius 1 is 1.06 bits per heavy atom. The number of aryl methyl sites for hydroxylation is 1. The molecule has 168 valence electrons. The average molecular weight is 433 g/mol. The number of amides is 1. The number of aromatic nitrogens is 2. The fourth-order valence-electron chi connectivity index (χ4n) is 4.48. The first-order chi connectivity index (χ1) is 15.4. The van der Waals surface area contributed by atoms with Crippen molar-refractivity contribution in [2.75, 3.05) is 36.6 Å². The molecule has 7 heteroatoms. The molecule has 0 saturated heterocycles. The third kappa shape index (κ3) is 4.77. The van der Waals surface area contributed by atoms with E-state index in [1.165, 1.54) is 0 Å². The molecule has 7 nitrogen and oxygen atoms in total. The number of hydrogen-bond acceptors (Lipinski definition) is 6. The average Bonchev–Trinajstić information content (AvgIpc) is 2.78. The Kier molecular flexibility index (Phi) is 6.44. The van der Waals surface area contributed by atoms with Crippen molar-refractivity contribution in [3.8, 4) is 0 Å². The number of nitrogens with zero attached hydrogens (tertiary/aromatic N) is 3. The number of anilines is 3. The molecule has 1 aliphatic rings. The van der Waals surface area contributed by atoms with Gasteiger partial charge in [0.15, 0.2) is 0 Å². The summed E-state index contributed by atoms with van der Waals surface area (Å²) in [5, 5.41) is 7.68. The predicted octanol–water partition coefficient (Wildman–Crippen LogP) is 3.99. The lowest BCUT2D eigenvalue weighted by Gasteiger charge is -2.29. The summed E-state index contributed by atoms with van der Waals surface area (Å²) in [5.41, 5.74) is 8.97. The molecule has 0 atom stereocenters. The minimum atomic E-state index is -0.0818. The van der Waals surface area contributed by atoms with Crippen LogP contribution in [0.3, 0.4) is 0 Å². The Morgan fingerprint density at radius 3 is 2.53 bits per heavy atom. The van der Waals surface area contributed by atoms with Crippen LogP contribution in [0, 0.1) is 12.8 Å². The summed E-state index contributed by atoms with van der Waals surface area (Å²) >= 11 is 0. The van der Waals surface area contributed by atoms with E-state index >= 15 is 0 Å². The van der Waals surface area contributed by atoms with E-state index < -0.39 is 0 Å². The summed E-state index contributed by atoms with van der Waals surface area (Å²) in [6, 6.07) is 14.0. The first-order valence-corrected chi connectivity index (χ1v) is 11.3. The van der Waals surface area contributed by atoms with Gasteiger partial charge in [-0.2, -0.15) is 4.98 Å². The van der Waals surface area contributed by atoms with Crippen molar-refractivity contribution >= 4 is 34.3 Å². The molecular weight excluding hydrogens is 400 g/mol. The molecule has 1 heterocycles. The lowest BCUT2D eigenvalue weighted by atomic mass is 9.86. The number of carbonyl (C=O) groups excluding carboxylic acids is 1. The van der Waals surface area contributed by atoms with Crippen molar-refractivity contribution < 1.29 is 4.79 Å². The Hall–Kier alpha value is -3.35. The zero-order valence-electron chi connectivity index (χ0n) is 19.1. The van der Waals surface area contributed by atoms with Crippen LogP contribution in [0.25, 0.3) is 10.9 Å². The van der Waals surface area contributed by atoms with E-state index in [2.05, 4.69) is 16.7 Å². The first-order valence-electron chi connectivity index (χ1n) is 11.3. The number of nitrogens with one attached hydrogen (secondary N) is 2. The third-order valence-corrected chi connectivity index (χ3v) is 6.27. The quantitative estimate of drug-likeness (QED) is 0.510. The maximum Gasteiger partial charge on any atom is 0.253 e. The number of rotatable bonds is 6. The maximum atomic E-state index is 12.6. The lowest BCUT2D eigenvalue weighted by Crippen LogP contribution is -2.34. The maximum absolute atomic E-state index is 12.6. The number of para-hydroxylation sites is 1. The van der Waals surface area contributed by atoms with E-state index in [4.69, 9.17) is 15.7 Å². The second kappa shape index (κ2) is 9.42. The molecule has 1 fully saturated rings. The van der Waals surface area contributed by atoms with Gasteiger partial charge >= 0.3 is 0 Å². The number of hydrogen-bond donors (Lipinski definition) is 3. The minimum absolute atomic E-state index is 0.0818. The lowest BCUT2D eigenvalue weighted by molar-refractivity contribution is 0.0943. The van der Waals surface area contributed by atoms with Crippen molar-refractivity contribution in [1.29, 1.82) is 0 Å². The predicted molar refractivity (Wildman–Crippen MR) is 131 cm³/mol. The Bertz CT molecular complexity index is 1080. The van der Waals surface area contributed by atoms with Crippen LogP contribution in [0.4, 0.5) is 17.5 Å². The van der Waals surface area contributed by atoms with Crippen molar-refractivity contribution in [3.05, 3.63) is 53.6 Å². The fourth-order valence-corrected chi connectivity index (χ4v) is 4.48. The molecule has 4 rings (SSSR count). The van der Waals surface area contributed by atoms with E-state index in [-0.39, 0.29) is 5.91 Å². The number of fused-ring (bicyclic) bond motifs is 1. The molecule has 32 heavy (non-hydrogen) atoms. The van der Waals surface area contributed by atoms with Crippen molar-refractivity contribution in [3.63, 3.8) is 0 Å². The third-order valence-electron chi connectivity index (χ3n) is 6.27. The zero-order valence-corrected chi connectivity index (χ0v) is 19.1. The van der Waals surface area contributed by atoms with Gasteiger partial charge in [-0.05, 0) is 62.3 Å². The van der Waals surface area contributed by atoms with Gasteiger partial charge in [0.2, 0.25) is 5.95 Å². The molecule has 0 aliphatic heterocycles. The Balaban J connectivity index is 1.33. The number of nitrogen functional groups attached to an aromatic ring is 1. The number of nitrogens with two attached hydrogens (primary N) is 1. The summed E-state index contributed by atoms with van der Waals surface area (Å²) in [5.74, 6) is 1.99. The van der Waals surface area contributed by atoms with E-state index in [1.807, 2.05) is 56.3 Å². The first kappa shape index (κ1) is 21.9. The molecule has 0 spiro atoms. The molecule has 2 aromatic carbocycles. The summed E-state index contributed by atoms with van der Waals surface area (Å²) in [6.07, 6.45) is 4.16. The van der Waals surface area contributed by atoms with Crippen LogP contribution in [-0.2, 0) is 0 Å². The van der Waals surface area contributed by atoms with Gasteiger partial charge < -0.3 is 21.3 Å². The van der Waals surface area contributed by atoms with E-state index in [0.717, 1.165) is 48.0 Å². The largest absolute Gasteiger partial charge is 0.398 e. The minimum Gasteiger partial charge on any atom is -0.398 e. The van der Waals surface area contributed by atoms with Gasteiger partial charge in [-0.3, -0.25) is 4.79 Å². The summed E-state index contributed by atoms with van der Waals surface area (Å²) in [6.45, 7) is 2.59. The molecule has 0 radical (unpaired) electrons. The van der Waals surface area contributed by atoms with E-state index in [9.17, 15) is 4.79 Å². The molecule has 1 aromatic heterocycles. The van der Waals surface area contributed by atoms with Crippen LogP contribution >= 0.6 is 0 Å². The van der Waals surface area contributed by atoms with Crippen molar-refractivity contribution in [2.24, 2.45) is 5.92 Å². The smallest absolute Gasteiger partial charge is 0.253 e. The van der Waals surface area contributed by atoms with Gasteiger partial charge in [0, 0.05) is 37.8 Å². The van der Waals surface area contributed by atoms with Gasteiger partial charge in [-0.15, -0.1) is 0 Å². The van der Waals surface area contributed by atoms with Gasteiger partial charge in [0.05, 0.1) is 11.1 Å². The number of benzene rings is 2. The van der Waals surface area contributed by atoms with E-state index in [1.54, 1.807) is 6.07 Å². The van der Waals surface area contributed by atoms with Gasteiger partial charge in [0.25, 0.3) is 5.91 Å². The van der Waals surface area contributed by atoms with Crippen molar-refractivity contribution in [2.45, 2.75) is 38.6 Å². The highest BCUT2D eigenvalue weighted by molar-refractivity contribution is 6.00. The SMILES string of the molecule is Cc1cccc(N)c1C(=O)NCC1CCC(Nc2nc(N(C)C)c3ccccc3n2)CC1. The van der Waals surface area contributed by atoms with Gasteiger partial charge in [-0.1, -0.05) is 24.3 Å². The van der Waals surface area contributed by atoms with Crippen LogP contribution in [-0.4, -0.2) is 42.6 Å². The van der Waals surface area contributed by atoms with E-state index in [0.29, 0.717) is 35.7 Å². The van der Waals surface area contributed by atoms with Crippen molar-refractivity contribution in [1.82, 2.24) is 15.3 Å². The van der Waals surface area contributed by atoms with Crippen LogP contribution in [0.2, 0.25) is 0 Å². The van der Waals surface area contributed by atoms with Crippen LogP contribution in [0.5, 0.6) is 0 Å². The Labute approximate surface area is 189 Å². The van der Waals surface area contributed by atoms with Gasteiger partial charge in [-0.25, -0.2) is 4.98 Å². The highest BCUT2D eigenvalue weighted by Crippen LogP contribution is 2.28. The molecule has 1 saturated carbocycles. The topological polar surface area (TPSA) is 96.2 Å². The second-order valence-corrected chi connectivity index (χ2v) is 8.89. The van der Waals surface area contributed by atoms with Crippen LogP contribution in [0.1, 0.15) is 41.6 Å². The molecule has 1 amide bonds. The highest BCUT2D eigenvalue weighted by Gasteiger charge is 2.23. The monoisotopic (exact) mass is 432 g/mol. The van der Waals surface area contributed by atoms with Crippen LogP contribution < -0.4 is 21.3 Å². The molecule has 0 unspecified atom stereocenters. The number of carbonyl (C=O) groups is 1. The summed E-state index contributed by atoms with van der Waals surface area (Å²) < 4.78 is 0. The molecule has 4 N–H and O–H groups in total. The molecule has 1 aliphatic carbocycles. The molecule has 0 bridgehead atoms. The van der Waals surface area contributed by atoms with Crippen LogP contribution in [0.15, 0.2) is 42.5 Å². The van der Waals surface area contributed by atoms with Gasteiger partial charge in [0.1, 0.15) is 5.82 Å². The zero-order chi connectivity index (χ0) is 22.7. The Morgan fingerprint density at radius 2 is 1.81 bits per heavy atom. The highest BCUT2D eigenvalue weighted by atomic mass is 16.1.